The molecule has 0 N–H and O–H groups in total. The van der Waals surface area contributed by atoms with Crippen molar-refractivity contribution in [3.63, 3.8) is 0 Å². The normalized spacial score (nSPS) is 12.2. The van der Waals surface area contributed by atoms with E-state index in [9.17, 15) is 18.0 Å². The van der Waals surface area contributed by atoms with Crippen molar-refractivity contribution < 1.29 is 13.2 Å². The average molecular weight is 381 g/mol. The van der Waals surface area contributed by atoms with Crippen molar-refractivity contribution in [2.45, 2.75) is 13.1 Å². The van der Waals surface area contributed by atoms with Gasteiger partial charge in [-0.3, -0.25) is 9.36 Å². The molecule has 11 heteroatoms. The van der Waals surface area contributed by atoms with E-state index >= 15 is 0 Å². The van der Waals surface area contributed by atoms with E-state index in [1.54, 1.807) is 25.1 Å². The second kappa shape index (κ2) is 5.49. The molecular formula is C15H8ClF3N6O. The largest absolute Gasteiger partial charge is 0.453 e. The third-order valence-corrected chi connectivity index (χ3v) is 4.26. The maximum Gasteiger partial charge on any atom is 0.453 e. The number of benzene rings is 1. The summed E-state index contributed by atoms with van der Waals surface area (Å²) in [6.07, 6.45) is -3.31. The van der Waals surface area contributed by atoms with Gasteiger partial charge in [0.15, 0.2) is 5.52 Å². The molecule has 0 amide bonds. The lowest BCUT2D eigenvalue weighted by molar-refractivity contribution is -0.144. The van der Waals surface area contributed by atoms with Gasteiger partial charge >= 0.3 is 6.18 Å². The van der Waals surface area contributed by atoms with Gasteiger partial charge in [0.25, 0.3) is 17.2 Å². The van der Waals surface area contributed by atoms with E-state index in [1.165, 1.54) is 16.8 Å². The van der Waals surface area contributed by atoms with E-state index in [4.69, 9.17) is 11.6 Å². The van der Waals surface area contributed by atoms with E-state index in [1.807, 2.05) is 0 Å². The minimum atomic E-state index is -4.73. The van der Waals surface area contributed by atoms with Gasteiger partial charge in [0.2, 0.25) is 0 Å². The van der Waals surface area contributed by atoms with E-state index in [0.717, 1.165) is 4.52 Å². The minimum absolute atomic E-state index is 0.0685. The molecule has 0 aliphatic carbocycles. The molecule has 0 spiro atoms. The predicted octanol–water partition coefficient (Wildman–Crippen LogP) is 2.80. The van der Waals surface area contributed by atoms with Gasteiger partial charge in [0, 0.05) is 11.2 Å². The molecule has 3 aromatic heterocycles. The van der Waals surface area contributed by atoms with Crippen LogP contribution < -0.4 is 5.56 Å². The van der Waals surface area contributed by atoms with Gasteiger partial charge in [-0.25, -0.2) is 0 Å². The smallest absolute Gasteiger partial charge is 0.282 e. The molecule has 4 rings (SSSR count). The molecule has 26 heavy (non-hydrogen) atoms. The van der Waals surface area contributed by atoms with Crippen molar-refractivity contribution in [2.75, 3.05) is 0 Å². The zero-order valence-electron chi connectivity index (χ0n) is 13.0. The van der Waals surface area contributed by atoms with Gasteiger partial charge in [-0.05, 0) is 30.7 Å². The van der Waals surface area contributed by atoms with Crippen molar-refractivity contribution >= 4 is 28.4 Å². The summed E-state index contributed by atoms with van der Waals surface area (Å²) < 4.78 is 40.6. The van der Waals surface area contributed by atoms with E-state index in [0.29, 0.717) is 16.3 Å². The standard InChI is InChI=1S/C15H8ClF3N6O/c1-7-8(16)3-2-4-9(7)24-6-5-10-11(12(24)26)21-22-14-20-13(15(17,18)19)23-25(10)14/h2-6H,1H3. The highest BCUT2D eigenvalue weighted by Crippen LogP contribution is 2.27. The number of hydrogen-bond donors (Lipinski definition) is 0. The number of nitrogens with zero attached hydrogens (tertiary/aromatic N) is 6. The summed E-state index contributed by atoms with van der Waals surface area (Å²) in [5.41, 5.74) is 0.564. The molecule has 1 aromatic carbocycles. The fraction of sp³-hybridized carbons (Fsp3) is 0.133. The first-order valence-corrected chi connectivity index (χ1v) is 7.62. The van der Waals surface area contributed by atoms with Crippen molar-refractivity contribution in [1.82, 2.24) is 29.4 Å². The number of rotatable bonds is 1. The van der Waals surface area contributed by atoms with Crippen LogP contribution in [-0.4, -0.2) is 29.4 Å². The minimum Gasteiger partial charge on any atom is -0.282 e. The Morgan fingerprint density at radius 2 is 1.92 bits per heavy atom. The van der Waals surface area contributed by atoms with Crippen molar-refractivity contribution in [3.8, 4) is 5.69 Å². The topological polar surface area (TPSA) is 78.0 Å². The summed E-state index contributed by atoms with van der Waals surface area (Å²) in [5.74, 6) is -1.70. The Kier molecular flexibility index (Phi) is 3.48. The number of hydrogen-bond acceptors (Lipinski definition) is 5. The Morgan fingerprint density at radius 1 is 1.15 bits per heavy atom. The van der Waals surface area contributed by atoms with E-state index < -0.39 is 17.6 Å². The SMILES string of the molecule is Cc1c(Cl)cccc1-n1ccc2c(nnc3nc(C(F)(F)F)nn32)c1=O. The van der Waals surface area contributed by atoms with Crippen LogP contribution in [0.4, 0.5) is 13.2 Å². The van der Waals surface area contributed by atoms with Crippen LogP contribution in [0, 0.1) is 6.92 Å². The quantitative estimate of drug-likeness (QED) is 0.507. The summed E-state index contributed by atoms with van der Waals surface area (Å²) in [6, 6.07) is 6.48. The van der Waals surface area contributed by atoms with Crippen LogP contribution >= 0.6 is 11.6 Å². The van der Waals surface area contributed by atoms with Crippen LogP contribution in [0.5, 0.6) is 0 Å². The Balaban J connectivity index is 2.01. The molecule has 0 fully saturated rings. The number of fused-ring (bicyclic) bond motifs is 3. The third kappa shape index (κ3) is 2.41. The summed E-state index contributed by atoms with van der Waals surface area (Å²) in [7, 11) is 0. The van der Waals surface area contributed by atoms with Crippen LogP contribution in [-0.2, 0) is 6.18 Å². The average Bonchev–Trinajstić information content (AvgIpc) is 3.03. The van der Waals surface area contributed by atoms with Crippen LogP contribution in [0.15, 0.2) is 35.3 Å². The van der Waals surface area contributed by atoms with Gasteiger partial charge < -0.3 is 0 Å². The molecule has 0 unspecified atom stereocenters. The van der Waals surface area contributed by atoms with Crippen LogP contribution in [0.3, 0.4) is 0 Å². The monoisotopic (exact) mass is 380 g/mol. The molecule has 7 nitrogen and oxygen atoms in total. The number of aromatic nitrogens is 6. The lowest BCUT2D eigenvalue weighted by Gasteiger charge is -2.10. The number of alkyl halides is 3. The first kappa shape index (κ1) is 16.5. The summed E-state index contributed by atoms with van der Waals surface area (Å²) >= 11 is 6.09. The van der Waals surface area contributed by atoms with Gasteiger partial charge in [-0.2, -0.15) is 22.7 Å². The van der Waals surface area contributed by atoms with Gasteiger partial charge in [0.1, 0.15) is 5.52 Å². The zero-order chi connectivity index (χ0) is 18.6. The summed E-state index contributed by atoms with van der Waals surface area (Å²) in [4.78, 5) is 16.1. The molecule has 0 aliphatic rings. The highest BCUT2D eigenvalue weighted by molar-refractivity contribution is 6.31. The Bertz CT molecular complexity index is 1230. The number of pyridine rings is 1. The third-order valence-electron chi connectivity index (χ3n) is 3.86. The van der Waals surface area contributed by atoms with E-state index in [2.05, 4.69) is 20.3 Å². The molecule has 0 saturated heterocycles. The maximum absolute atomic E-state index is 12.8. The van der Waals surface area contributed by atoms with Crippen molar-refractivity contribution in [3.05, 3.63) is 57.2 Å². The van der Waals surface area contributed by atoms with Gasteiger partial charge in [-0.1, -0.05) is 17.7 Å². The first-order chi connectivity index (χ1) is 12.3. The second-order valence-corrected chi connectivity index (χ2v) is 5.86. The predicted molar refractivity (Wildman–Crippen MR) is 86.4 cm³/mol. The maximum atomic E-state index is 12.8. The molecule has 0 radical (unpaired) electrons. The molecule has 4 aromatic rings. The zero-order valence-corrected chi connectivity index (χ0v) is 13.7. The van der Waals surface area contributed by atoms with Crippen LogP contribution in [0.2, 0.25) is 5.02 Å². The highest BCUT2D eigenvalue weighted by Gasteiger charge is 2.36. The van der Waals surface area contributed by atoms with Crippen LogP contribution in [0.25, 0.3) is 22.5 Å². The van der Waals surface area contributed by atoms with Crippen molar-refractivity contribution in [1.29, 1.82) is 0 Å². The lowest BCUT2D eigenvalue weighted by atomic mass is 10.2. The lowest BCUT2D eigenvalue weighted by Crippen LogP contribution is -2.21. The molecule has 132 valence electrons. The Morgan fingerprint density at radius 3 is 2.65 bits per heavy atom. The van der Waals surface area contributed by atoms with Crippen molar-refractivity contribution in [2.24, 2.45) is 0 Å². The second-order valence-electron chi connectivity index (χ2n) is 5.45. The van der Waals surface area contributed by atoms with Gasteiger partial charge in [0.05, 0.1) is 5.69 Å². The molecule has 0 bridgehead atoms. The first-order valence-electron chi connectivity index (χ1n) is 7.25. The fourth-order valence-electron chi connectivity index (χ4n) is 2.57. The molecule has 0 saturated carbocycles. The molecule has 0 atom stereocenters. The highest BCUT2D eigenvalue weighted by atomic mass is 35.5. The van der Waals surface area contributed by atoms with Gasteiger partial charge in [-0.15, -0.1) is 15.3 Å². The Hall–Kier alpha value is -3.01. The molecule has 0 aliphatic heterocycles. The molecule has 3 heterocycles. The summed E-state index contributed by atoms with van der Waals surface area (Å²) in [5, 5.41) is 11.2. The number of halogens is 4. The van der Waals surface area contributed by atoms with E-state index in [-0.39, 0.29) is 16.8 Å². The summed E-state index contributed by atoms with van der Waals surface area (Å²) in [6.45, 7) is 1.75. The molecular weight excluding hydrogens is 373 g/mol. The Labute approximate surface area is 147 Å². The van der Waals surface area contributed by atoms with Crippen LogP contribution in [0.1, 0.15) is 11.4 Å². The fourth-order valence-corrected chi connectivity index (χ4v) is 2.74.